The first-order chi connectivity index (χ1) is 7.31. The molecule has 1 aromatic carbocycles. The van der Waals surface area contributed by atoms with Crippen LogP contribution in [0.25, 0.3) is 0 Å². The highest BCUT2D eigenvalue weighted by molar-refractivity contribution is 14.1. The van der Waals surface area contributed by atoms with Gasteiger partial charge in [0, 0.05) is 21.2 Å². The Morgan fingerprint density at radius 1 is 1.40 bits per heavy atom. The summed E-state index contributed by atoms with van der Waals surface area (Å²) in [5.41, 5.74) is 1.23. The van der Waals surface area contributed by atoms with Gasteiger partial charge in [-0.05, 0) is 46.9 Å². The Morgan fingerprint density at radius 3 is 2.80 bits per heavy atom. The van der Waals surface area contributed by atoms with Crippen LogP contribution in [0.1, 0.15) is 0 Å². The van der Waals surface area contributed by atoms with Crippen molar-refractivity contribution in [1.82, 2.24) is 0 Å². The number of thiocarbonyl (C=S) groups is 1. The molecule has 0 amide bonds. The van der Waals surface area contributed by atoms with Gasteiger partial charge < -0.3 is 9.64 Å². The molecule has 1 atom stereocenters. The molecule has 1 aliphatic heterocycles. The molecule has 0 aliphatic carbocycles. The van der Waals surface area contributed by atoms with Gasteiger partial charge in [0.05, 0.1) is 19.3 Å². The van der Waals surface area contributed by atoms with E-state index >= 15 is 0 Å². The van der Waals surface area contributed by atoms with E-state index in [0.717, 1.165) is 13.2 Å². The summed E-state index contributed by atoms with van der Waals surface area (Å²) in [6.07, 6.45) is 0. The fourth-order valence-electron chi connectivity index (χ4n) is 1.69. The molecule has 0 radical (unpaired) electrons. The highest BCUT2D eigenvalue weighted by Gasteiger charge is 2.20. The second-order valence-electron chi connectivity index (χ2n) is 3.45. The van der Waals surface area contributed by atoms with Crippen molar-refractivity contribution in [2.45, 2.75) is 6.04 Å². The quantitative estimate of drug-likeness (QED) is 0.610. The van der Waals surface area contributed by atoms with Crippen LogP contribution in [0.3, 0.4) is 0 Å². The van der Waals surface area contributed by atoms with Crippen molar-refractivity contribution in [3.63, 3.8) is 0 Å². The van der Waals surface area contributed by atoms with E-state index in [4.69, 9.17) is 17.0 Å². The van der Waals surface area contributed by atoms with Crippen molar-refractivity contribution in [3.8, 4) is 0 Å². The van der Waals surface area contributed by atoms with Crippen LogP contribution in [0.4, 0.5) is 5.69 Å². The van der Waals surface area contributed by atoms with Crippen molar-refractivity contribution >= 4 is 45.9 Å². The zero-order chi connectivity index (χ0) is 10.7. The number of rotatable bonds is 2. The molecule has 1 unspecified atom stereocenters. The predicted octanol–water partition coefficient (Wildman–Crippen LogP) is 2.50. The molecule has 0 N–H and O–H groups in total. The summed E-state index contributed by atoms with van der Waals surface area (Å²) in [6.45, 7) is 2.40. The van der Waals surface area contributed by atoms with E-state index in [0.29, 0.717) is 6.61 Å². The second-order valence-corrected chi connectivity index (χ2v) is 4.97. The molecule has 1 fully saturated rings. The molecular weight excluding hydrogens is 321 g/mol. The van der Waals surface area contributed by atoms with Crippen molar-refractivity contribution in [2.75, 3.05) is 24.7 Å². The first kappa shape index (κ1) is 11.3. The third-order valence-electron chi connectivity index (χ3n) is 2.48. The van der Waals surface area contributed by atoms with Crippen molar-refractivity contribution < 1.29 is 4.74 Å². The lowest BCUT2D eigenvalue weighted by Gasteiger charge is -2.35. The first-order valence-electron chi connectivity index (χ1n) is 4.86. The maximum Gasteiger partial charge on any atom is 0.0809 e. The normalized spacial score (nSPS) is 21.4. The molecule has 80 valence electrons. The van der Waals surface area contributed by atoms with Crippen molar-refractivity contribution in [3.05, 3.63) is 27.8 Å². The molecular formula is C11H12INOS. The summed E-state index contributed by atoms with van der Waals surface area (Å²) >= 11 is 7.34. The van der Waals surface area contributed by atoms with Gasteiger partial charge in [-0.15, -0.1) is 0 Å². The largest absolute Gasteiger partial charge is 0.377 e. The van der Waals surface area contributed by atoms with Crippen molar-refractivity contribution in [1.29, 1.82) is 0 Å². The Kier molecular flexibility index (Phi) is 3.93. The molecule has 2 rings (SSSR count). The Bertz CT molecular complexity index is 341. The van der Waals surface area contributed by atoms with Gasteiger partial charge in [-0.2, -0.15) is 0 Å². The van der Waals surface area contributed by atoms with Crippen LogP contribution in [0, 0.1) is 3.57 Å². The zero-order valence-electron chi connectivity index (χ0n) is 8.23. The lowest BCUT2D eigenvalue weighted by molar-refractivity contribution is 0.111. The van der Waals surface area contributed by atoms with Gasteiger partial charge >= 0.3 is 0 Å². The number of halogens is 1. The lowest BCUT2D eigenvalue weighted by atomic mass is 10.2. The molecule has 15 heavy (non-hydrogen) atoms. The number of hydrogen-bond donors (Lipinski definition) is 0. The Balaban J connectivity index is 2.20. The molecule has 1 aliphatic rings. The summed E-state index contributed by atoms with van der Waals surface area (Å²) in [5.74, 6) is 0. The smallest absolute Gasteiger partial charge is 0.0809 e. The van der Waals surface area contributed by atoms with Crippen LogP contribution in [0.2, 0.25) is 0 Å². The van der Waals surface area contributed by atoms with E-state index < -0.39 is 0 Å². The summed E-state index contributed by atoms with van der Waals surface area (Å²) in [7, 11) is 0. The SMILES string of the molecule is S=CC1COCCN1c1ccc(I)cc1. The molecule has 0 aromatic heterocycles. The van der Waals surface area contributed by atoms with Gasteiger partial charge in [0.2, 0.25) is 0 Å². The standard InChI is InChI=1S/C11H12INOS/c12-9-1-3-10(4-2-9)13-5-6-14-7-11(13)8-15/h1-4,8,11H,5-7H2. The highest BCUT2D eigenvalue weighted by atomic mass is 127. The van der Waals surface area contributed by atoms with Crippen LogP contribution in [-0.4, -0.2) is 31.2 Å². The van der Waals surface area contributed by atoms with E-state index in [1.807, 2.05) is 0 Å². The number of morpholine rings is 1. The maximum absolute atomic E-state index is 5.41. The summed E-state index contributed by atoms with van der Waals surface area (Å²) in [4.78, 5) is 2.30. The molecule has 4 heteroatoms. The van der Waals surface area contributed by atoms with Crippen LogP contribution in [0.15, 0.2) is 24.3 Å². The minimum absolute atomic E-state index is 0.230. The van der Waals surface area contributed by atoms with E-state index in [-0.39, 0.29) is 6.04 Å². The highest BCUT2D eigenvalue weighted by Crippen LogP contribution is 2.20. The molecule has 1 aromatic rings. The molecule has 0 saturated carbocycles. The fraction of sp³-hybridized carbons (Fsp3) is 0.364. The number of benzene rings is 1. The fourth-order valence-corrected chi connectivity index (χ4v) is 2.27. The predicted molar refractivity (Wildman–Crippen MR) is 74.8 cm³/mol. The maximum atomic E-state index is 5.41. The zero-order valence-corrected chi connectivity index (χ0v) is 11.2. The molecule has 0 bridgehead atoms. The molecule has 1 saturated heterocycles. The minimum Gasteiger partial charge on any atom is -0.377 e. The summed E-state index contributed by atoms with van der Waals surface area (Å²) in [6, 6.07) is 8.74. The summed E-state index contributed by atoms with van der Waals surface area (Å²) in [5, 5.41) is 1.79. The lowest BCUT2D eigenvalue weighted by Crippen LogP contribution is -2.46. The summed E-state index contributed by atoms with van der Waals surface area (Å²) < 4.78 is 6.66. The van der Waals surface area contributed by atoms with Crippen LogP contribution in [0.5, 0.6) is 0 Å². The van der Waals surface area contributed by atoms with Gasteiger partial charge in [-0.1, -0.05) is 12.2 Å². The molecule has 1 heterocycles. The van der Waals surface area contributed by atoms with E-state index in [2.05, 4.69) is 51.8 Å². The first-order valence-corrected chi connectivity index (χ1v) is 6.41. The molecule has 0 spiro atoms. The average Bonchev–Trinajstić information content (AvgIpc) is 2.30. The van der Waals surface area contributed by atoms with Crippen LogP contribution < -0.4 is 4.90 Å². The monoisotopic (exact) mass is 333 g/mol. The van der Waals surface area contributed by atoms with Crippen molar-refractivity contribution in [2.24, 2.45) is 0 Å². The van der Waals surface area contributed by atoms with Gasteiger partial charge in [-0.3, -0.25) is 0 Å². The second kappa shape index (κ2) is 5.23. The number of ether oxygens (including phenoxy) is 1. The Labute approximate surface area is 109 Å². The third-order valence-corrected chi connectivity index (χ3v) is 3.51. The molecule has 2 nitrogen and oxygen atoms in total. The average molecular weight is 333 g/mol. The van der Waals surface area contributed by atoms with E-state index in [1.165, 1.54) is 9.26 Å². The topological polar surface area (TPSA) is 12.5 Å². The minimum atomic E-state index is 0.230. The van der Waals surface area contributed by atoms with E-state index in [9.17, 15) is 0 Å². The van der Waals surface area contributed by atoms with Gasteiger partial charge in [-0.25, -0.2) is 0 Å². The van der Waals surface area contributed by atoms with E-state index in [1.54, 1.807) is 5.37 Å². The number of anilines is 1. The number of nitrogens with zero attached hydrogens (tertiary/aromatic N) is 1. The van der Waals surface area contributed by atoms with Gasteiger partial charge in [0.15, 0.2) is 0 Å². The Hall–Kier alpha value is -0.200. The van der Waals surface area contributed by atoms with Gasteiger partial charge in [0.25, 0.3) is 0 Å². The van der Waals surface area contributed by atoms with Crippen LogP contribution in [-0.2, 0) is 4.74 Å². The van der Waals surface area contributed by atoms with Crippen LogP contribution >= 0.6 is 34.8 Å². The third kappa shape index (κ3) is 2.68. The van der Waals surface area contributed by atoms with Gasteiger partial charge in [0.1, 0.15) is 0 Å². The number of hydrogen-bond acceptors (Lipinski definition) is 3. The Morgan fingerprint density at radius 2 is 2.13 bits per heavy atom.